The highest BCUT2D eigenvalue weighted by Gasteiger charge is 2.26. The molecular formula is C20H17BrO5. The van der Waals surface area contributed by atoms with Gasteiger partial charge in [-0.2, -0.15) is 0 Å². The summed E-state index contributed by atoms with van der Waals surface area (Å²) in [7, 11) is 0. The van der Waals surface area contributed by atoms with Crippen LogP contribution in [0.3, 0.4) is 0 Å². The number of hydrogen-bond donors (Lipinski definition) is 0. The summed E-state index contributed by atoms with van der Waals surface area (Å²) in [5.41, 5.74) is 2.53. The summed E-state index contributed by atoms with van der Waals surface area (Å²) in [6.45, 7) is 2.54. The van der Waals surface area contributed by atoms with E-state index in [9.17, 15) is 4.79 Å². The molecule has 3 aromatic rings. The Labute approximate surface area is 159 Å². The zero-order valence-electron chi connectivity index (χ0n) is 14.2. The minimum Gasteiger partial charge on any atom is -0.485 e. The molecule has 0 radical (unpaired) electrons. The lowest BCUT2D eigenvalue weighted by Crippen LogP contribution is -2.23. The Balaban J connectivity index is 1.64. The molecule has 2 heterocycles. The standard InChI is InChI=1S/C20H17BrO5/c1-2-23-18(22)10-12-4-3-5-16-20(12)26-17(11-25-16)14-8-13-6-7-24-19(13)15(21)9-14/h3-9,17H,2,10-11H2,1H3. The molecule has 134 valence electrons. The lowest BCUT2D eigenvalue weighted by Gasteiger charge is -2.28. The van der Waals surface area contributed by atoms with Gasteiger partial charge in [0, 0.05) is 10.9 Å². The van der Waals surface area contributed by atoms with E-state index in [2.05, 4.69) is 15.9 Å². The fraction of sp³-hybridized carbons (Fsp3) is 0.250. The summed E-state index contributed by atoms with van der Waals surface area (Å²) in [6, 6.07) is 11.5. The molecule has 0 bridgehead atoms. The van der Waals surface area contributed by atoms with Crippen LogP contribution in [0.15, 0.2) is 51.6 Å². The molecule has 0 saturated carbocycles. The van der Waals surface area contributed by atoms with Crippen molar-refractivity contribution in [3.63, 3.8) is 0 Å². The van der Waals surface area contributed by atoms with Gasteiger partial charge in [0.1, 0.15) is 12.2 Å². The van der Waals surface area contributed by atoms with Crippen molar-refractivity contribution in [1.29, 1.82) is 0 Å². The molecule has 1 unspecified atom stereocenters. The van der Waals surface area contributed by atoms with Gasteiger partial charge in [-0.1, -0.05) is 12.1 Å². The molecule has 1 atom stereocenters. The Bertz CT molecular complexity index is 962. The minimum atomic E-state index is -0.283. The van der Waals surface area contributed by atoms with E-state index >= 15 is 0 Å². The lowest BCUT2D eigenvalue weighted by molar-refractivity contribution is -0.142. The third kappa shape index (κ3) is 3.17. The molecule has 0 fully saturated rings. The van der Waals surface area contributed by atoms with Crippen molar-refractivity contribution in [3.05, 3.63) is 58.3 Å². The van der Waals surface area contributed by atoms with Crippen molar-refractivity contribution in [1.82, 2.24) is 0 Å². The molecule has 1 aromatic heterocycles. The van der Waals surface area contributed by atoms with Crippen LogP contribution in [0, 0.1) is 0 Å². The monoisotopic (exact) mass is 416 g/mol. The normalized spacial score (nSPS) is 15.8. The van der Waals surface area contributed by atoms with Crippen LogP contribution in [0.4, 0.5) is 0 Å². The van der Waals surface area contributed by atoms with Crippen LogP contribution < -0.4 is 9.47 Å². The number of hydrogen-bond acceptors (Lipinski definition) is 5. The number of rotatable bonds is 4. The van der Waals surface area contributed by atoms with Gasteiger partial charge >= 0.3 is 5.97 Å². The Morgan fingerprint density at radius 3 is 3.04 bits per heavy atom. The van der Waals surface area contributed by atoms with E-state index in [-0.39, 0.29) is 18.5 Å². The van der Waals surface area contributed by atoms with Gasteiger partial charge in [-0.05, 0) is 52.7 Å². The summed E-state index contributed by atoms with van der Waals surface area (Å²) < 4.78 is 23.5. The second kappa shape index (κ2) is 7.03. The molecule has 4 rings (SSSR count). The van der Waals surface area contributed by atoms with E-state index in [0.717, 1.165) is 26.6 Å². The van der Waals surface area contributed by atoms with Gasteiger partial charge in [0.05, 0.1) is 23.8 Å². The lowest BCUT2D eigenvalue weighted by atomic mass is 10.1. The molecule has 6 heteroatoms. The first-order valence-electron chi connectivity index (χ1n) is 8.39. The van der Waals surface area contributed by atoms with Crippen LogP contribution in [0.25, 0.3) is 11.0 Å². The summed E-state index contributed by atoms with van der Waals surface area (Å²) in [5, 5.41) is 0.989. The Morgan fingerprint density at radius 1 is 1.31 bits per heavy atom. The summed E-state index contributed by atoms with van der Waals surface area (Å²) >= 11 is 3.54. The van der Waals surface area contributed by atoms with E-state index in [1.807, 2.05) is 36.4 Å². The van der Waals surface area contributed by atoms with Crippen LogP contribution >= 0.6 is 15.9 Å². The van der Waals surface area contributed by atoms with Crippen molar-refractivity contribution in [2.75, 3.05) is 13.2 Å². The smallest absolute Gasteiger partial charge is 0.310 e. The van der Waals surface area contributed by atoms with Crippen molar-refractivity contribution >= 4 is 32.9 Å². The van der Waals surface area contributed by atoms with Crippen molar-refractivity contribution < 1.29 is 23.4 Å². The summed E-state index contributed by atoms with van der Waals surface area (Å²) in [4.78, 5) is 11.9. The highest BCUT2D eigenvalue weighted by molar-refractivity contribution is 9.10. The third-order valence-corrected chi connectivity index (χ3v) is 4.84. The van der Waals surface area contributed by atoms with Crippen LogP contribution in [-0.2, 0) is 16.0 Å². The molecule has 26 heavy (non-hydrogen) atoms. The molecule has 1 aliphatic rings. The van der Waals surface area contributed by atoms with Crippen LogP contribution in [0.5, 0.6) is 11.5 Å². The SMILES string of the molecule is CCOC(=O)Cc1cccc2c1OC(c1cc(Br)c3occc3c1)CO2. The number of ether oxygens (including phenoxy) is 3. The van der Waals surface area contributed by atoms with Crippen molar-refractivity contribution in [2.24, 2.45) is 0 Å². The van der Waals surface area contributed by atoms with Gasteiger partial charge in [0.15, 0.2) is 17.6 Å². The first kappa shape index (κ1) is 17.0. The molecular weight excluding hydrogens is 400 g/mol. The molecule has 2 aromatic carbocycles. The second-order valence-corrected chi connectivity index (χ2v) is 6.84. The molecule has 5 nitrogen and oxygen atoms in total. The van der Waals surface area contributed by atoms with E-state index < -0.39 is 0 Å². The number of fused-ring (bicyclic) bond motifs is 2. The quantitative estimate of drug-likeness (QED) is 0.570. The first-order chi connectivity index (χ1) is 12.7. The maximum atomic E-state index is 11.9. The fourth-order valence-corrected chi connectivity index (χ4v) is 3.65. The number of carbonyl (C=O) groups is 1. The topological polar surface area (TPSA) is 57.9 Å². The van der Waals surface area contributed by atoms with E-state index in [4.69, 9.17) is 18.6 Å². The van der Waals surface area contributed by atoms with E-state index in [1.54, 1.807) is 13.2 Å². The third-order valence-electron chi connectivity index (χ3n) is 4.25. The summed E-state index contributed by atoms with van der Waals surface area (Å²) in [6.07, 6.45) is 1.53. The second-order valence-electron chi connectivity index (χ2n) is 5.99. The summed E-state index contributed by atoms with van der Waals surface area (Å²) in [5.74, 6) is 0.959. The fourth-order valence-electron chi connectivity index (χ4n) is 3.07. The average molecular weight is 417 g/mol. The van der Waals surface area contributed by atoms with Gasteiger partial charge in [-0.25, -0.2) is 0 Å². The van der Waals surface area contributed by atoms with Crippen LogP contribution in [0.1, 0.15) is 24.2 Å². The molecule has 0 N–H and O–H groups in total. The molecule has 1 aliphatic heterocycles. The maximum Gasteiger partial charge on any atom is 0.310 e. The van der Waals surface area contributed by atoms with Crippen molar-refractivity contribution in [2.45, 2.75) is 19.4 Å². The Kier molecular flexibility index (Phi) is 4.59. The maximum absolute atomic E-state index is 11.9. The van der Waals surface area contributed by atoms with Crippen LogP contribution in [-0.4, -0.2) is 19.2 Å². The zero-order chi connectivity index (χ0) is 18.1. The minimum absolute atomic E-state index is 0.150. The number of benzene rings is 2. The average Bonchev–Trinajstić information content (AvgIpc) is 3.11. The molecule has 0 saturated heterocycles. The highest BCUT2D eigenvalue weighted by Crippen LogP contribution is 2.40. The number of furan rings is 1. The predicted octanol–water partition coefficient (Wildman–Crippen LogP) is 4.81. The zero-order valence-corrected chi connectivity index (χ0v) is 15.7. The molecule has 0 spiro atoms. The molecule has 0 amide bonds. The van der Waals surface area contributed by atoms with Gasteiger partial charge < -0.3 is 18.6 Å². The van der Waals surface area contributed by atoms with Gasteiger partial charge in [-0.3, -0.25) is 4.79 Å². The molecule has 0 aliphatic carbocycles. The van der Waals surface area contributed by atoms with Gasteiger partial charge in [0.2, 0.25) is 0 Å². The predicted molar refractivity (Wildman–Crippen MR) is 99.6 cm³/mol. The van der Waals surface area contributed by atoms with Crippen LogP contribution in [0.2, 0.25) is 0 Å². The number of carbonyl (C=O) groups excluding carboxylic acids is 1. The highest BCUT2D eigenvalue weighted by atomic mass is 79.9. The van der Waals surface area contributed by atoms with Crippen molar-refractivity contribution in [3.8, 4) is 11.5 Å². The largest absolute Gasteiger partial charge is 0.485 e. The first-order valence-corrected chi connectivity index (χ1v) is 9.18. The van der Waals surface area contributed by atoms with E-state index in [1.165, 1.54) is 0 Å². The van der Waals surface area contributed by atoms with Gasteiger partial charge in [0.25, 0.3) is 0 Å². The van der Waals surface area contributed by atoms with Gasteiger partial charge in [-0.15, -0.1) is 0 Å². The number of para-hydroxylation sites is 1. The Hall–Kier alpha value is -2.47. The Morgan fingerprint density at radius 2 is 2.19 bits per heavy atom. The number of esters is 1. The van der Waals surface area contributed by atoms with E-state index in [0.29, 0.717) is 24.7 Å². The number of halogens is 1.